The molecule has 31 heavy (non-hydrogen) atoms. The molecule has 2 heterocycles. The van der Waals surface area contributed by atoms with E-state index in [4.69, 9.17) is 13.9 Å². The van der Waals surface area contributed by atoms with E-state index < -0.39 is 11.7 Å². The zero-order valence-corrected chi connectivity index (χ0v) is 19.5. The quantitative estimate of drug-likeness (QED) is 0.681. The molecule has 1 aromatic heterocycles. The number of rotatable bonds is 4. The van der Waals surface area contributed by atoms with E-state index >= 15 is 0 Å². The van der Waals surface area contributed by atoms with Gasteiger partial charge < -0.3 is 23.9 Å². The van der Waals surface area contributed by atoms with E-state index in [1.165, 1.54) is 0 Å². The minimum Gasteiger partial charge on any atom is -0.496 e. The number of methoxy groups -OCH3 is 1. The number of carbonyl (C=O) groups is 1. The summed E-state index contributed by atoms with van der Waals surface area (Å²) < 4.78 is 17.2. The van der Waals surface area contributed by atoms with E-state index in [1.54, 1.807) is 12.0 Å². The summed E-state index contributed by atoms with van der Waals surface area (Å²) in [6.45, 7) is 10.7. The molecule has 0 radical (unpaired) electrons. The molecule has 6 nitrogen and oxygen atoms in total. The summed E-state index contributed by atoms with van der Waals surface area (Å²) in [5.41, 5.74) is 2.36. The van der Waals surface area contributed by atoms with Crippen molar-refractivity contribution < 1.29 is 23.8 Å². The number of aliphatic hydroxyl groups excluding tert-OH is 1. The topological polar surface area (TPSA) is 72.1 Å². The van der Waals surface area contributed by atoms with Crippen LogP contribution in [0, 0.1) is 19.8 Å². The fourth-order valence-electron chi connectivity index (χ4n) is 4.06. The number of likely N-dealkylation sites (tertiary alicyclic amines) is 1. The van der Waals surface area contributed by atoms with Crippen molar-refractivity contribution in [1.29, 1.82) is 0 Å². The van der Waals surface area contributed by atoms with Gasteiger partial charge in [0, 0.05) is 19.0 Å². The first kappa shape index (κ1) is 23.2. The van der Waals surface area contributed by atoms with E-state index in [-0.39, 0.29) is 12.0 Å². The van der Waals surface area contributed by atoms with Crippen LogP contribution >= 0.6 is 0 Å². The van der Waals surface area contributed by atoms with Gasteiger partial charge >= 0.3 is 6.09 Å². The summed E-state index contributed by atoms with van der Waals surface area (Å²) in [6.07, 6.45) is 1.54. The lowest BCUT2D eigenvalue weighted by molar-refractivity contribution is 0.0142. The minimum absolute atomic E-state index is 0.117. The predicted octanol–water partition coefficient (Wildman–Crippen LogP) is 5.64. The zero-order chi connectivity index (χ0) is 22.8. The fraction of sp³-hybridized carbons (Fsp3) is 0.560. The molecule has 0 saturated carbocycles. The molecule has 0 aliphatic carbocycles. The molecule has 2 aromatic rings. The largest absolute Gasteiger partial charge is 0.496 e. The summed E-state index contributed by atoms with van der Waals surface area (Å²) in [4.78, 5) is 14.3. The Labute approximate surface area is 185 Å². The maximum atomic E-state index is 12.6. The first-order chi connectivity index (χ1) is 14.6. The summed E-state index contributed by atoms with van der Waals surface area (Å²) in [5, 5.41) is 11.2. The number of benzene rings is 1. The van der Waals surface area contributed by atoms with Crippen LogP contribution in [0.25, 0.3) is 11.3 Å². The molecule has 3 rings (SSSR count). The molecule has 2 unspecified atom stereocenters. The van der Waals surface area contributed by atoms with Crippen molar-refractivity contribution in [2.75, 3.05) is 20.2 Å². The van der Waals surface area contributed by atoms with Crippen LogP contribution < -0.4 is 4.74 Å². The van der Waals surface area contributed by atoms with Gasteiger partial charge in [-0.3, -0.25) is 0 Å². The second-order valence-electron chi connectivity index (χ2n) is 9.49. The number of aryl methyl sites for hydroxylation is 2. The number of hydrogen-bond acceptors (Lipinski definition) is 5. The summed E-state index contributed by atoms with van der Waals surface area (Å²) in [7, 11) is 1.64. The molecule has 0 spiro atoms. The highest BCUT2D eigenvalue weighted by Gasteiger charge is 2.32. The van der Waals surface area contributed by atoms with Crippen LogP contribution in [0.3, 0.4) is 0 Å². The average molecular weight is 430 g/mol. The standard InChI is InChI=1S/C25H35NO5/c1-16-10-11-19(20(13-16)29-6)23-17(2)14-21(30-23)22(27)18-9-7-8-12-26(15-18)24(28)31-25(3,4)5/h10-11,13-14,18,22,27H,7-9,12,15H2,1-6H3. The van der Waals surface area contributed by atoms with Crippen molar-refractivity contribution in [1.82, 2.24) is 4.90 Å². The second-order valence-corrected chi connectivity index (χ2v) is 9.49. The minimum atomic E-state index is -0.799. The number of ether oxygens (including phenoxy) is 2. The molecule has 170 valence electrons. The van der Waals surface area contributed by atoms with Gasteiger partial charge in [0.05, 0.1) is 12.7 Å². The van der Waals surface area contributed by atoms with Gasteiger partial charge in [0.1, 0.15) is 29.0 Å². The molecular formula is C25H35NO5. The van der Waals surface area contributed by atoms with Crippen LogP contribution in [-0.4, -0.2) is 41.9 Å². The average Bonchev–Trinajstić information content (AvgIpc) is 2.91. The molecule has 1 saturated heterocycles. The third kappa shape index (κ3) is 5.62. The highest BCUT2D eigenvalue weighted by molar-refractivity contribution is 5.69. The monoisotopic (exact) mass is 429 g/mol. The molecule has 1 amide bonds. The lowest BCUT2D eigenvalue weighted by Crippen LogP contribution is -2.40. The van der Waals surface area contributed by atoms with E-state index in [0.717, 1.165) is 41.7 Å². The highest BCUT2D eigenvalue weighted by Crippen LogP contribution is 2.38. The van der Waals surface area contributed by atoms with E-state index in [0.29, 0.717) is 24.6 Å². The third-order valence-electron chi connectivity index (χ3n) is 5.64. The maximum absolute atomic E-state index is 12.6. The molecule has 6 heteroatoms. The van der Waals surface area contributed by atoms with Crippen molar-refractivity contribution >= 4 is 6.09 Å². The molecular weight excluding hydrogens is 394 g/mol. The molecule has 1 aliphatic rings. The fourth-order valence-corrected chi connectivity index (χ4v) is 4.06. The molecule has 1 N–H and O–H groups in total. The summed E-state index contributed by atoms with van der Waals surface area (Å²) >= 11 is 0. The van der Waals surface area contributed by atoms with Crippen LogP contribution in [0.5, 0.6) is 5.75 Å². The van der Waals surface area contributed by atoms with Crippen molar-refractivity contribution in [3.8, 4) is 17.1 Å². The van der Waals surface area contributed by atoms with Gasteiger partial charge in [-0.05, 0) is 76.8 Å². The maximum Gasteiger partial charge on any atom is 0.410 e. The lowest BCUT2D eigenvalue weighted by atomic mass is 9.95. The molecule has 0 bridgehead atoms. The Morgan fingerprint density at radius 2 is 1.97 bits per heavy atom. The van der Waals surface area contributed by atoms with Crippen LogP contribution in [0.4, 0.5) is 4.79 Å². The van der Waals surface area contributed by atoms with E-state index in [1.807, 2.05) is 58.9 Å². The van der Waals surface area contributed by atoms with E-state index in [2.05, 4.69) is 0 Å². The number of furan rings is 1. The van der Waals surface area contributed by atoms with Crippen molar-refractivity contribution in [3.63, 3.8) is 0 Å². The molecule has 1 aliphatic heterocycles. The van der Waals surface area contributed by atoms with E-state index in [9.17, 15) is 9.90 Å². The first-order valence-electron chi connectivity index (χ1n) is 11.0. The Kier molecular flexibility index (Phi) is 6.99. The van der Waals surface area contributed by atoms with Crippen molar-refractivity contribution in [2.24, 2.45) is 5.92 Å². The van der Waals surface area contributed by atoms with Crippen LogP contribution in [0.2, 0.25) is 0 Å². The third-order valence-corrected chi connectivity index (χ3v) is 5.64. The molecule has 2 atom stereocenters. The number of carbonyl (C=O) groups excluding carboxylic acids is 1. The zero-order valence-electron chi connectivity index (χ0n) is 19.5. The van der Waals surface area contributed by atoms with Crippen molar-refractivity contribution in [3.05, 3.63) is 41.2 Å². The van der Waals surface area contributed by atoms with Crippen LogP contribution in [-0.2, 0) is 4.74 Å². The van der Waals surface area contributed by atoms with Crippen molar-refractivity contribution in [2.45, 2.75) is 65.6 Å². The lowest BCUT2D eigenvalue weighted by Gasteiger charge is -2.29. The number of amides is 1. The van der Waals surface area contributed by atoms with Crippen LogP contribution in [0.15, 0.2) is 28.7 Å². The summed E-state index contributed by atoms with van der Waals surface area (Å²) in [6, 6.07) is 7.85. The van der Waals surface area contributed by atoms with Gasteiger partial charge in [0.25, 0.3) is 0 Å². The van der Waals surface area contributed by atoms with Gasteiger partial charge in [0.2, 0.25) is 0 Å². The Morgan fingerprint density at radius 1 is 1.23 bits per heavy atom. The summed E-state index contributed by atoms with van der Waals surface area (Å²) in [5.74, 6) is 1.84. The highest BCUT2D eigenvalue weighted by atomic mass is 16.6. The predicted molar refractivity (Wildman–Crippen MR) is 120 cm³/mol. The number of hydrogen-bond donors (Lipinski definition) is 1. The first-order valence-corrected chi connectivity index (χ1v) is 11.0. The van der Waals surface area contributed by atoms with Gasteiger partial charge in [-0.25, -0.2) is 4.79 Å². The normalized spacial score (nSPS) is 18.4. The molecule has 1 aromatic carbocycles. The smallest absolute Gasteiger partial charge is 0.410 e. The SMILES string of the molecule is COc1cc(C)ccc1-c1oc(C(O)C2CCCCN(C(=O)OC(C)(C)C)C2)cc1C. The van der Waals surface area contributed by atoms with Gasteiger partial charge in [0.15, 0.2) is 0 Å². The Balaban J connectivity index is 1.82. The number of aliphatic hydroxyl groups is 1. The Morgan fingerprint density at radius 3 is 2.65 bits per heavy atom. The van der Waals surface area contributed by atoms with Gasteiger partial charge in [-0.1, -0.05) is 12.5 Å². The van der Waals surface area contributed by atoms with Gasteiger partial charge in [-0.2, -0.15) is 0 Å². The van der Waals surface area contributed by atoms with Gasteiger partial charge in [-0.15, -0.1) is 0 Å². The molecule has 1 fully saturated rings. The Bertz CT molecular complexity index is 911. The Hall–Kier alpha value is -2.47. The number of nitrogens with zero attached hydrogens (tertiary/aromatic N) is 1. The second kappa shape index (κ2) is 9.35. The van der Waals surface area contributed by atoms with Crippen LogP contribution in [0.1, 0.15) is 63.0 Å².